The zero-order chi connectivity index (χ0) is 14.3. The first-order chi connectivity index (χ1) is 9.08. The molecule has 0 bridgehead atoms. The van der Waals surface area contributed by atoms with Crippen LogP contribution in [-0.4, -0.2) is 37.8 Å². The molecule has 104 valence electrons. The van der Waals surface area contributed by atoms with Crippen molar-refractivity contribution in [2.75, 3.05) is 20.8 Å². The Labute approximate surface area is 111 Å². The molecular weight excluding hydrogens is 250 g/mol. The van der Waals surface area contributed by atoms with Crippen LogP contribution in [0.1, 0.15) is 18.0 Å². The SMILES string of the molecule is COC(=O)C(NCCC(=O)O)c1ccc(OC)cc1. The number of aliphatic carboxylic acids is 1. The van der Waals surface area contributed by atoms with E-state index in [-0.39, 0.29) is 13.0 Å². The van der Waals surface area contributed by atoms with Gasteiger partial charge in [0.2, 0.25) is 0 Å². The maximum absolute atomic E-state index is 11.7. The van der Waals surface area contributed by atoms with Gasteiger partial charge >= 0.3 is 11.9 Å². The van der Waals surface area contributed by atoms with Gasteiger partial charge in [-0.1, -0.05) is 12.1 Å². The van der Waals surface area contributed by atoms with Gasteiger partial charge in [-0.3, -0.25) is 4.79 Å². The fourth-order valence-corrected chi connectivity index (χ4v) is 1.57. The second-order valence-electron chi connectivity index (χ2n) is 3.83. The van der Waals surface area contributed by atoms with Crippen molar-refractivity contribution in [2.24, 2.45) is 0 Å². The summed E-state index contributed by atoms with van der Waals surface area (Å²) < 4.78 is 9.73. The van der Waals surface area contributed by atoms with E-state index in [1.807, 2.05) is 0 Å². The van der Waals surface area contributed by atoms with Crippen molar-refractivity contribution < 1.29 is 24.2 Å². The monoisotopic (exact) mass is 267 g/mol. The summed E-state index contributed by atoms with van der Waals surface area (Å²) in [5.41, 5.74) is 0.693. The van der Waals surface area contributed by atoms with Crippen LogP contribution >= 0.6 is 0 Å². The number of carboxylic acid groups (broad SMARTS) is 1. The van der Waals surface area contributed by atoms with Crippen molar-refractivity contribution in [1.82, 2.24) is 5.32 Å². The van der Waals surface area contributed by atoms with Crippen molar-refractivity contribution in [3.05, 3.63) is 29.8 Å². The third kappa shape index (κ3) is 4.59. The van der Waals surface area contributed by atoms with E-state index in [0.717, 1.165) is 0 Å². The van der Waals surface area contributed by atoms with Gasteiger partial charge in [0.15, 0.2) is 0 Å². The van der Waals surface area contributed by atoms with E-state index in [1.165, 1.54) is 7.11 Å². The Bertz CT molecular complexity index is 429. The molecule has 0 spiro atoms. The Kier molecular flexibility index (Phi) is 5.81. The Morgan fingerprint density at radius 2 is 1.89 bits per heavy atom. The minimum Gasteiger partial charge on any atom is -0.497 e. The Balaban J connectivity index is 2.77. The zero-order valence-corrected chi connectivity index (χ0v) is 10.9. The number of carboxylic acids is 1. The molecule has 0 saturated heterocycles. The van der Waals surface area contributed by atoms with Crippen LogP contribution in [0.3, 0.4) is 0 Å². The zero-order valence-electron chi connectivity index (χ0n) is 10.9. The summed E-state index contributed by atoms with van der Waals surface area (Å²) in [6.45, 7) is 0.182. The summed E-state index contributed by atoms with van der Waals surface area (Å²) in [6.07, 6.45) is -0.0658. The molecule has 19 heavy (non-hydrogen) atoms. The number of methoxy groups -OCH3 is 2. The third-order valence-electron chi connectivity index (χ3n) is 2.57. The van der Waals surface area contributed by atoms with E-state index in [4.69, 9.17) is 14.6 Å². The van der Waals surface area contributed by atoms with Crippen LogP contribution in [0.25, 0.3) is 0 Å². The second-order valence-corrected chi connectivity index (χ2v) is 3.83. The molecule has 0 aliphatic carbocycles. The van der Waals surface area contributed by atoms with Gasteiger partial charge in [0, 0.05) is 6.54 Å². The molecule has 0 saturated carbocycles. The molecule has 1 atom stereocenters. The third-order valence-corrected chi connectivity index (χ3v) is 2.57. The van der Waals surface area contributed by atoms with Crippen LogP contribution in [0.2, 0.25) is 0 Å². The van der Waals surface area contributed by atoms with Crippen molar-refractivity contribution in [1.29, 1.82) is 0 Å². The molecule has 0 radical (unpaired) electrons. The van der Waals surface area contributed by atoms with Gasteiger partial charge in [-0.15, -0.1) is 0 Å². The summed E-state index contributed by atoms with van der Waals surface area (Å²) in [4.78, 5) is 22.1. The maximum atomic E-state index is 11.7. The molecule has 1 unspecified atom stereocenters. The van der Waals surface area contributed by atoms with Gasteiger partial charge in [0.1, 0.15) is 11.8 Å². The fourth-order valence-electron chi connectivity index (χ4n) is 1.57. The van der Waals surface area contributed by atoms with Crippen molar-refractivity contribution in [3.8, 4) is 5.75 Å². The highest BCUT2D eigenvalue weighted by molar-refractivity contribution is 5.77. The summed E-state index contributed by atoms with van der Waals surface area (Å²) in [7, 11) is 2.84. The number of carbonyl (C=O) groups is 2. The molecule has 6 heteroatoms. The van der Waals surface area contributed by atoms with Crippen LogP contribution in [0.4, 0.5) is 0 Å². The van der Waals surface area contributed by atoms with Crippen LogP contribution in [0, 0.1) is 0 Å². The minimum absolute atomic E-state index is 0.0658. The molecule has 0 fully saturated rings. The Hall–Kier alpha value is -2.08. The first-order valence-electron chi connectivity index (χ1n) is 5.75. The smallest absolute Gasteiger partial charge is 0.327 e. The molecule has 1 aromatic rings. The van der Waals surface area contributed by atoms with Crippen LogP contribution < -0.4 is 10.1 Å². The van der Waals surface area contributed by atoms with E-state index < -0.39 is 18.0 Å². The summed E-state index contributed by atoms with van der Waals surface area (Å²) in [5.74, 6) is -0.709. The van der Waals surface area contributed by atoms with Crippen LogP contribution in [-0.2, 0) is 14.3 Å². The van der Waals surface area contributed by atoms with Gasteiger partial charge in [0.05, 0.1) is 20.6 Å². The molecule has 1 aromatic carbocycles. The van der Waals surface area contributed by atoms with Gasteiger partial charge in [-0.25, -0.2) is 4.79 Å². The highest BCUT2D eigenvalue weighted by atomic mass is 16.5. The van der Waals surface area contributed by atoms with E-state index in [1.54, 1.807) is 31.4 Å². The lowest BCUT2D eigenvalue weighted by Gasteiger charge is -2.16. The molecule has 2 N–H and O–H groups in total. The van der Waals surface area contributed by atoms with Crippen molar-refractivity contribution in [2.45, 2.75) is 12.5 Å². The number of esters is 1. The van der Waals surface area contributed by atoms with Crippen molar-refractivity contribution >= 4 is 11.9 Å². The number of hydrogen-bond acceptors (Lipinski definition) is 5. The lowest BCUT2D eigenvalue weighted by molar-refractivity contribution is -0.144. The van der Waals surface area contributed by atoms with E-state index in [0.29, 0.717) is 11.3 Å². The molecule has 0 aromatic heterocycles. The Morgan fingerprint density at radius 1 is 1.26 bits per heavy atom. The standard InChI is InChI=1S/C13H17NO5/c1-18-10-5-3-9(4-6-10)12(13(17)19-2)14-8-7-11(15)16/h3-6,12,14H,7-8H2,1-2H3,(H,15,16). The maximum Gasteiger partial charge on any atom is 0.327 e. The number of ether oxygens (including phenoxy) is 2. The molecule has 1 rings (SSSR count). The lowest BCUT2D eigenvalue weighted by atomic mass is 10.1. The van der Waals surface area contributed by atoms with Crippen molar-refractivity contribution in [3.63, 3.8) is 0 Å². The number of nitrogens with one attached hydrogen (secondary N) is 1. The first kappa shape index (κ1) is 15.0. The Morgan fingerprint density at radius 3 is 2.37 bits per heavy atom. The van der Waals surface area contributed by atoms with Gasteiger partial charge in [-0.05, 0) is 17.7 Å². The summed E-state index contributed by atoms with van der Waals surface area (Å²) in [6, 6.07) is 6.23. The van der Waals surface area contributed by atoms with Gasteiger partial charge in [-0.2, -0.15) is 0 Å². The van der Waals surface area contributed by atoms with E-state index in [9.17, 15) is 9.59 Å². The number of carbonyl (C=O) groups excluding carboxylic acids is 1. The fraction of sp³-hybridized carbons (Fsp3) is 0.385. The molecular formula is C13H17NO5. The summed E-state index contributed by atoms with van der Waals surface area (Å²) in [5, 5.41) is 11.4. The predicted molar refractivity (Wildman–Crippen MR) is 68.0 cm³/mol. The molecule has 0 heterocycles. The normalized spacial score (nSPS) is 11.7. The van der Waals surface area contributed by atoms with E-state index in [2.05, 4.69) is 5.32 Å². The quantitative estimate of drug-likeness (QED) is 0.716. The van der Waals surface area contributed by atoms with Gasteiger partial charge < -0.3 is 19.9 Å². The van der Waals surface area contributed by atoms with Gasteiger partial charge in [0.25, 0.3) is 0 Å². The topological polar surface area (TPSA) is 84.9 Å². The predicted octanol–water partition coefficient (Wildman–Crippen LogP) is 0.974. The first-order valence-corrected chi connectivity index (χ1v) is 5.75. The average molecular weight is 267 g/mol. The molecule has 6 nitrogen and oxygen atoms in total. The molecule has 0 aliphatic heterocycles. The lowest BCUT2D eigenvalue weighted by Crippen LogP contribution is -2.31. The second kappa shape index (κ2) is 7.38. The minimum atomic E-state index is -0.925. The number of hydrogen-bond donors (Lipinski definition) is 2. The number of rotatable bonds is 7. The highest BCUT2D eigenvalue weighted by Gasteiger charge is 2.20. The largest absolute Gasteiger partial charge is 0.497 e. The molecule has 0 aliphatic rings. The summed E-state index contributed by atoms with van der Waals surface area (Å²) >= 11 is 0. The van der Waals surface area contributed by atoms with Crippen LogP contribution in [0.15, 0.2) is 24.3 Å². The van der Waals surface area contributed by atoms with E-state index >= 15 is 0 Å². The molecule has 0 amide bonds. The number of benzene rings is 1. The highest BCUT2D eigenvalue weighted by Crippen LogP contribution is 2.18. The van der Waals surface area contributed by atoms with Crippen LogP contribution in [0.5, 0.6) is 5.75 Å². The average Bonchev–Trinajstić information content (AvgIpc) is 2.43.